The Kier molecular flexibility index (Phi) is 24.9. The Bertz CT molecular complexity index is 337. The number of hydrogen-bond acceptors (Lipinski definition) is 0. The van der Waals surface area contributed by atoms with Gasteiger partial charge in [-0.3, -0.25) is 0 Å². The van der Waals surface area contributed by atoms with E-state index in [9.17, 15) is 0 Å². The molecule has 0 nitrogen and oxygen atoms in total. The fourth-order valence-electron chi connectivity index (χ4n) is 1.44. The van der Waals surface area contributed by atoms with Gasteiger partial charge in [0.15, 0.2) is 0 Å². The van der Waals surface area contributed by atoms with E-state index in [1.807, 2.05) is 0 Å². The molecule has 0 unspecified atom stereocenters. The summed E-state index contributed by atoms with van der Waals surface area (Å²) in [6, 6.07) is 12.8. The van der Waals surface area contributed by atoms with Crippen molar-refractivity contribution < 1.29 is 26.2 Å². The molecular weight excluding hydrogens is 382 g/mol. The zero-order valence-corrected chi connectivity index (χ0v) is 18.6. The molecular formula is C16H27Cl2SiZr. The number of aryl methyl sites for hydroxylation is 4. The first-order valence-corrected chi connectivity index (χ1v) is 8.44. The minimum atomic E-state index is 0. The van der Waals surface area contributed by atoms with Gasteiger partial charge in [0.25, 0.3) is 0 Å². The summed E-state index contributed by atoms with van der Waals surface area (Å²) in [5.41, 5.74) is 5.44. The summed E-state index contributed by atoms with van der Waals surface area (Å²) in [7, 11) is 0.750. The quantitative estimate of drug-likeness (QED) is 0.403. The monoisotopic (exact) mass is 407 g/mol. The molecule has 0 heterocycles. The van der Waals surface area contributed by atoms with E-state index >= 15 is 0 Å². The van der Waals surface area contributed by atoms with E-state index in [2.05, 4.69) is 77.2 Å². The molecule has 0 fully saturated rings. The van der Waals surface area contributed by atoms with Crippen molar-refractivity contribution in [1.82, 2.24) is 0 Å². The van der Waals surface area contributed by atoms with Crippen LogP contribution in [0, 0.1) is 27.7 Å². The molecule has 0 saturated carbocycles. The average molecular weight is 410 g/mol. The Labute approximate surface area is 159 Å². The molecule has 2 rings (SSSR count). The molecule has 20 heavy (non-hydrogen) atoms. The second-order valence-electron chi connectivity index (χ2n) is 4.51. The molecule has 2 aromatic rings. The molecule has 0 aliphatic heterocycles. The smallest absolute Gasteiger partial charge is 0.211 e. The maximum absolute atomic E-state index is 2.21. The maximum Gasteiger partial charge on any atom is 2.00 e. The number of rotatable bonds is 0. The summed E-state index contributed by atoms with van der Waals surface area (Å²) in [5.74, 6) is 0. The van der Waals surface area contributed by atoms with Crippen LogP contribution in [0.5, 0.6) is 0 Å². The molecule has 0 spiro atoms. The van der Waals surface area contributed by atoms with Crippen molar-refractivity contribution in [2.24, 2.45) is 0 Å². The minimum absolute atomic E-state index is 0. The zero-order valence-electron chi connectivity index (χ0n) is 13.4. The first kappa shape index (κ1) is 28.5. The van der Waals surface area contributed by atoms with Gasteiger partial charge in [-0.25, -0.2) is 23.3 Å². The fraction of sp³-hybridized carbons (Fsp3) is 0.375. The molecule has 0 saturated heterocycles. The van der Waals surface area contributed by atoms with E-state index in [-0.39, 0.29) is 51.0 Å². The van der Waals surface area contributed by atoms with Crippen LogP contribution in [0.1, 0.15) is 22.3 Å². The SMILES string of the molecule is C[SiH]C.Cc1cc[c-](C)c1.Cc1cc[c-](C)c1.Cl.Cl.[Zr+2]. The van der Waals surface area contributed by atoms with Crippen LogP contribution in [0.3, 0.4) is 0 Å². The van der Waals surface area contributed by atoms with Gasteiger partial charge in [0.05, 0.1) is 0 Å². The van der Waals surface area contributed by atoms with E-state index in [0.717, 1.165) is 9.52 Å². The molecule has 0 N–H and O–H groups in total. The van der Waals surface area contributed by atoms with Crippen molar-refractivity contribution >= 4 is 34.3 Å². The number of hydrogen-bond donors (Lipinski definition) is 0. The third kappa shape index (κ3) is 16.4. The Morgan fingerprint density at radius 2 is 1.05 bits per heavy atom. The minimum Gasteiger partial charge on any atom is -0.211 e. The summed E-state index contributed by atoms with van der Waals surface area (Å²) >= 11 is 0. The van der Waals surface area contributed by atoms with Crippen molar-refractivity contribution in [3.63, 3.8) is 0 Å². The van der Waals surface area contributed by atoms with Gasteiger partial charge in [0.1, 0.15) is 0 Å². The van der Waals surface area contributed by atoms with Crippen LogP contribution in [-0.4, -0.2) is 9.52 Å². The zero-order chi connectivity index (χ0) is 13.3. The predicted molar refractivity (Wildman–Crippen MR) is 96.4 cm³/mol. The Morgan fingerprint density at radius 1 is 0.800 bits per heavy atom. The average Bonchev–Trinajstić information content (AvgIpc) is 2.78. The van der Waals surface area contributed by atoms with E-state index in [1.54, 1.807) is 0 Å². The van der Waals surface area contributed by atoms with E-state index < -0.39 is 0 Å². The van der Waals surface area contributed by atoms with Crippen LogP contribution >= 0.6 is 24.8 Å². The topological polar surface area (TPSA) is 0 Å². The van der Waals surface area contributed by atoms with Gasteiger partial charge in [-0.2, -0.15) is 35.4 Å². The van der Waals surface area contributed by atoms with Gasteiger partial charge in [-0.1, -0.05) is 40.8 Å². The molecule has 0 aromatic heterocycles. The summed E-state index contributed by atoms with van der Waals surface area (Å²) < 4.78 is 0. The molecule has 0 aliphatic carbocycles. The Hall–Kier alpha value is 0.380. The van der Waals surface area contributed by atoms with E-state index in [1.165, 1.54) is 22.3 Å². The largest absolute Gasteiger partial charge is 2.00 e. The van der Waals surface area contributed by atoms with Crippen LogP contribution in [-0.2, 0) is 26.2 Å². The van der Waals surface area contributed by atoms with E-state index in [4.69, 9.17) is 0 Å². The van der Waals surface area contributed by atoms with Gasteiger partial charge in [0.2, 0.25) is 0 Å². The molecule has 0 amide bonds. The van der Waals surface area contributed by atoms with Gasteiger partial charge in [-0.05, 0) is 0 Å². The molecule has 113 valence electrons. The van der Waals surface area contributed by atoms with Gasteiger partial charge >= 0.3 is 26.2 Å². The summed E-state index contributed by atoms with van der Waals surface area (Å²) in [6.07, 6.45) is 0. The van der Waals surface area contributed by atoms with Crippen molar-refractivity contribution in [1.29, 1.82) is 0 Å². The third-order valence-electron chi connectivity index (χ3n) is 2.13. The van der Waals surface area contributed by atoms with Crippen LogP contribution in [0.25, 0.3) is 0 Å². The normalized spacial score (nSPS) is 7.50. The first-order chi connectivity index (χ1) is 7.99. The standard InChI is InChI=1S/2C7H9.C2H7Si.2ClH.Zr/c2*1-6-3-4-7(2)5-6;1-3-2;;;/h2*3-5H,1-2H3;3H,1-2H3;2*1H;/q2*-1;;;;+2. The van der Waals surface area contributed by atoms with Crippen molar-refractivity contribution in [3.8, 4) is 0 Å². The third-order valence-corrected chi connectivity index (χ3v) is 2.13. The molecule has 4 heteroatoms. The van der Waals surface area contributed by atoms with E-state index in [0.29, 0.717) is 0 Å². The molecule has 0 atom stereocenters. The van der Waals surface area contributed by atoms with Gasteiger partial charge in [-0.15, -0.1) is 24.8 Å². The fourth-order valence-corrected chi connectivity index (χ4v) is 1.44. The first-order valence-electron chi connectivity index (χ1n) is 6.13. The summed E-state index contributed by atoms with van der Waals surface area (Å²) in [5, 5.41) is 0. The van der Waals surface area contributed by atoms with Crippen molar-refractivity contribution in [2.75, 3.05) is 0 Å². The van der Waals surface area contributed by atoms with Gasteiger partial charge < -0.3 is 0 Å². The van der Waals surface area contributed by atoms with Crippen molar-refractivity contribution in [3.05, 3.63) is 58.7 Å². The van der Waals surface area contributed by atoms with Crippen molar-refractivity contribution in [2.45, 2.75) is 40.8 Å². The Morgan fingerprint density at radius 3 is 1.10 bits per heavy atom. The maximum atomic E-state index is 2.21. The molecule has 2 aromatic carbocycles. The number of halogens is 2. The van der Waals surface area contributed by atoms with Crippen LogP contribution < -0.4 is 0 Å². The Balaban J connectivity index is -0.0000000956. The summed E-state index contributed by atoms with van der Waals surface area (Å²) in [4.78, 5) is 0. The second-order valence-corrected chi connectivity index (χ2v) is 5.66. The molecule has 1 radical (unpaired) electrons. The summed E-state index contributed by atoms with van der Waals surface area (Å²) in [6.45, 7) is 12.8. The molecule has 0 aliphatic rings. The van der Waals surface area contributed by atoms with Crippen LogP contribution in [0.4, 0.5) is 0 Å². The van der Waals surface area contributed by atoms with Gasteiger partial charge in [0, 0.05) is 9.52 Å². The van der Waals surface area contributed by atoms with Crippen LogP contribution in [0.15, 0.2) is 36.4 Å². The second kappa shape index (κ2) is 17.4. The molecule has 0 bridgehead atoms. The van der Waals surface area contributed by atoms with Crippen LogP contribution in [0.2, 0.25) is 13.1 Å². The predicted octanol–water partition coefficient (Wildman–Crippen LogP) is 5.40.